The van der Waals surface area contributed by atoms with Gasteiger partial charge in [-0.2, -0.15) is 5.10 Å². The average molecular weight is 223 g/mol. The Hall–Kier alpha value is -0.870. The van der Waals surface area contributed by atoms with Crippen LogP contribution in [0.5, 0.6) is 0 Å². The zero-order valence-corrected chi connectivity index (χ0v) is 10.2. The van der Waals surface area contributed by atoms with Gasteiger partial charge in [-0.05, 0) is 25.7 Å². The van der Waals surface area contributed by atoms with E-state index < -0.39 is 0 Å². The fourth-order valence-electron chi connectivity index (χ4n) is 1.72. The van der Waals surface area contributed by atoms with Crippen LogP contribution in [0.25, 0.3) is 0 Å². The van der Waals surface area contributed by atoms with E-state index in [1.165, 1.54) is 18.4 Å². The minimum atomic E-state index is 0.815. The highest BCUT2D eigenvalue weighted by molar-refractivity contribution is 5.14. The normalized spacial score (nSPS) is 15.6. The molecule has 0 atom stereocenters. The van der Waals surface area contributed by atoms with Crippen LogP contribution in [0.3, 0.4) is 0 Å². The number of ether oxygens (including phenoxy) is 1. The van der Waals surface area contributed by atoms with E-state index >= 15 is 0 Å². The van der Waals surface area contributed by atoms with Gasteiger partial charge < -0.3 is 10.1 Å². The lowest BCUT2D eigenvalue weighted by Crippen LogP contribution is -2.19. The standard InChI is InChI=1S/C12H21N3O/c1-10-12(8-15(2)14-10)7-13-5-6-16-9-11-3-4-11/h8,11,13H,3-7,9H2,1-2H3. The second kappa shape index (κ2) is 5.46. The third-order valence-electron chi connectivity index (χ3n) is 2.90. The first-order valence-corrected chi connectivity index (χ1v) is 6.03. The largest absolute Gasteiger partial charge is 0.380 e. The van der Waals surface area contributed by atoms with Crippen LogP contribution in [-0.2, 0) is 18.3 Å². The molecule has 1 aliphatic carbocycles. The van der Waals surface area contributed by atoms with Gasteiger partial charge in [-0.1, -0.05) is 0 Å². The number of hydrogen-bond donors (Lipinski definition) is 1. The van der Waals surface area contributed by atoms with Crippen LogP contribution in [0.15, 0.2) is 6.20 Å². The average Bonchev–Trinajstić information content (AvgIpc) is 2.99. The zero-order valence-electron chi connectivity index (χ0n) is 10.2. The highest BCUT2D eigenvalue weighted by atomic mass is 16.5. The first-order valence-electron chi connectivity index (χ1n) is 6.03. The van der Waals surface area contributed by atoms with Crippen molar-refractivity contribution in [3.8, 4) is 0 Å². The number of aromatic nitrogens is 2. The van der Waals surface area contributed by atoms with Gasteiger partial charge in [0.05, 0.1) is 12.3 Å². The van der Waals surface area contributed by atoms with Crippen LogP contribution in [-0.4, -0.2) is 29.5 Å². The molecule has 1 aromatic rings. The highest BCUT2D eigenvalue weighted by Gasteiger charge is 2.20. The molecule has 1 heterocycles. The molecule has 0 amide bonds. The molecule has 0 radical (unpaired) electrons. The Morgan fingerprint density at radius 2 is 2.38 bits per heavy atom. The Balaban J connectivity index is 1.54. The minimum absolute atomic E-state index is 0.815. The van der Waals surface area contributed by atoms with E-state index in [9.17, 15) is 0 Å². The van der Waals surface area contributed by atoms with E-state index in [-0.39, 0.29) is 0 Å². The molecule has 1 aliphatic rings. The molecule has 0 bridgehead atoms. The van der Waals surface area contributed by atoms with Gasteiger partial charge in [-0.15, -0.1) is 0 Å². The molecule has 4 nitrogen and oxygen atoms in total. The van der Waals surface area contributed by atoms with Crippen LogP contribution in [0, 0.1) is 12.8 Å². The second-order valence-corrected chi connectivity index (χ2v) is 4.61. The Labute approximate surface area is 97.0 Å². The molecule has 0 aliphatic heterocycles. The molecule has 90 valence electrons. The molecular formula is C12H21N3O. The fraction of sp³-hybridized carbons (Fsp3) is 0.750. The summed E-state index contributed by atoms with van der Waals surface area (Å²) >= 11 is 0. The molecule has 1 N–H and O–H groups in total. The number of nitrogens with one attached hydrogen (secondary N) is 1. The zero-order chi connectivity index (χ0) is 11.4. The summed E-state index contributed by atoms with van der Waals surface area (Å²) in [6.45, 7) is 5.61. The molecule has 0 saturated heterocycles. The Kier molecular flexibility index (Phi) is 3.96. The first kappa shape index (κ1) is 11.6. The van der Waals surface area contributed by atoms with E-state index in [0.29, 0.717) is 0 Å². The first-order chi connectivity index (χ1) is 7.75. The lowest BCUT2D eigenvalue weighted by molar-refractivity contribution is 0.126. The molecule has 1 fully saturated rings. The van der Waals surface area contributed by atoms with Gasteiger partial charge in [-0.25, -0.2) is 0 Å². The lowest BCUT2D eigenvalue weighted by atomic mass is 10.2. The number of hydrogen-bond acceptors (Lipinski definition) is 3. The molecule has 2 rings (SSSR count). The SMILES string of the molecule is Cc1nn(C)cc1CNCCOCC1CC1. The van der Waals surface area contributed by atoms with E-state index in [1.54, 1.807) is 0 Å². The number of nitrogens with zero attached hydrogens (tertiary/aromatic N) is 2. The van der Waals surface area contributed by atoms with Crippen LogP contribution in [0.2, 0.25) is 0 Å². The van der Waals surface area contributed by atoms with Gasteiger partial charge in [0.15, 0.2) is 0 Å². The van der Waals surface area contributed by atoms with Crippen molar-refractivity contribution in [3.05, 3.63) is 17.5 Å². The summed E-state index contributed by atoms with van der Waals surface area (Å²) in [5, 5.41) is 7.67. The third-order valence-corrected chi connectivity index (χ3v) is 2.90. The van der Waals surface area contributed by atoms with Crippen molar-refractivity contribution < 1.29 is 4.74 Å². The van der Waals surface area contributed by atoms with Crippen molar-refractivity contribution in [2.45, 2.75) is 26.3 Å². The Bertz CT molecular complexity index is 331. The van der Waals surface area contributed by atoms with Crippen molar-refractivity contribution in [2.75, 3.05) is 19.8 Å². The quantitative estimate of drug-likeness (QED) is 0.707. The molecule has 0 spiro atoms. The van der Waals surface area contributed by atoms with Gasteiger partial charge in [0.1, 0.15) is 0 Å². The maximum atomic E-state index is 5.55. The second-order valence-electron chi connectivity index (χ2n) is 4.61. The van der Waals surface area contributed by atoms with Crippen LogP contribution in [0.1, 0.15) is 24.1 Å². The van der Waals surface area contributed by atoms with Crippen LogP contribution >= 0.6 is 0 Å². The predicted octanol–water partition coefficient (Wildman–Crippen LogP) is 1.24. The van der Waals surface area contributed by atoms with Gasteiger partial charge in [0.25, 0.3) is 0 Å². The summed E-state index contributed by atoms with van der Waals surface area (Å²) in [5.74, 6) is 0.862. The van der Waals surface area contributed by atoms with E-state index in [4.69, 9.17) is 4.74 Å². The molecule has 1 saturated carbocycles. The van der Waals surface area contributed by atoms with Crippen LogP contribution in [0.4, 0.5) is 0 Å². The van der Waals surface area contributed by atoms with Crippen molar-refractivity contribution in [1.82, 2.24) is 15.1 Å². The number of rotatable bonds is 7. The van der Waals surface area contributed by atoms with Gasteiger partial charge >= 0.3 is 0 Å². The van der Waals surface area contributed by atoms with Gasteiger partial charge in [-0.3, -0.25) is 4.68 Å². The summed E-state index contributed by atoms with van der Waals surface area (Å²) in [7, 11) is 1.95. The summed E-state index contributed by atoms with van der Waals surface area (Å²) in [6.07, 6.45) is 4.79. The van der Waals surface area contributed by atoms with E-state index in [0.717, 1.165) is 37.9 Å². The van der Waals surface area contributed by atoms with Crippen molar-refractivity contribution in [3.63, 3.8) is 0 Å². The molecule has 0 aromatic carbocycles. The highest BCUT2D eigenvalue weighted by Crippen LogP contribution is 2.28. The predicted molar refractivity (Wildman–Crippen MR) is 63.2 cm³/mol. The molecule has 1 aromatic heterocycles. The van der Waals surface area contributed by atoms with Crippen molar-refractivity contribution >= 4 is 0 Å². The molecular weight excluding hydrogens is 202 g/mol. The van der Waals surface area contributed by atoms with E-state index in [1.807, 2.05) is 18.7 Å². The summed E-state index contributed by atoms with van der Waals surface area (Å²) < 4.78 is 7.40. The monoisotopic (exact) mass is 223 g/mol. The minimum Gasteiger partial charge on any atom is -0.380 e. The summed E-state index contributed by atoms with van der Waals surface area (Å²) in [5.41, 5.74) is 2.37. The van der Waals surface area contributed by atoms with Gasteiger partial charge in [0.2, 0.25) is 0 Å². The van der Waals surface area contributed by atoms with E-state index in [2.05, 4.69) is 16.6 Å². The van der Waals surface area contributed by atoms with Crippen molar-refractivity contribution in [2.24, 2.45) is 13.0 Å². The Morgan fingerprint density at radius 3 is 3.00 bits per heavy atom. The lowest BCUT2D eigenvalue weighted by Gasteiger charge is -2.04. The topological polar surface area (TPSA) is 39.1 Å². The summed E-state index contributed by atoms with van der Waals surface area (Å²) in [6, 6.07) is 0. The smallest absolute Gasteiger partial charge is 0.0638 e. The van der Waals surface area contributed by atoms with Crippen molar-refractivity contribution in [1.29, 1.82) is 0 Å². The molecule has 4 heteroatoms. The molecule has 16 heavy (non-hydrogen) atoms. The van der Waals surface area contributed by atoms with Crippen LogP contribution < -0.4 is 5.32 Å². The maximum absolute atomic E-state index is 5.55. The fourth-order valence-corrected chi connectivity index (χ4v) is 1.72. The number of aryl methyl sites for hydroxylation is 2. The molecule has 0 unspecified atom stereocenters. The maximum Gasteiger partial charge on any atom is 0.0638 e. The summed E-state index contributed by atoms with van der Waals surface area (Å²) in [4.78, 5) is 0. The van der Waals surface area contributed by atoms with Gasteiger partial charge in [0, 0.05) is 38.5 Å². The Morgan fingerprint density at radius 1 is 1.56 bits per heavy atom. The third kappa shape index (κ3) is 3.61.